The van der Waals surface area contributed by atoms with Crippen LogP contribution >= 0.6 is 0 Å². The number of aryl methyl sites for hydroxylation is 8. The molecule has 14 unspecified atom stereocenters. The minimum atomic E-state index is -4.60. The molecular formula is C106H153F3O18. The fourth-order valence-electron chi connectivity index (χ4n) is 13.9. The molecule has 0 aromatic heterocycles. The molecular weight excluding hydrogens is 1620 g/mol. The van der Waals surface area contributed by atoms with Crippen LogP contribution in [0.1, 0.15) is 343 Å². The number of benzene rings is 5. The monoisotopic (exact) mass is 1770 g/mol. The third kappa shape index (κ3) is 37.4. The summed E-state index contributed by atoms with van der Waals surface area (Å²) in [5.41, 5.74) is 9.23. The number of cyclic esters (lactones) is 8. The zero-order valence-electron chi connectivity index (χ0n) is 80.7. The van der Waals surface area contributed by atoms with E-state index >= 15 is 0 Å². The molecule has 2 saturated heterocycles. The van der Waals surface area contributed by atoms with Crippen molar-refractivity contribution in [3.8, 4) is 0 Å². The number of fused-ring (bicyclic) bond motifs is 4. The van der Waals surface area contributed by atoms with E-state index in [1.807, 2.05) is 94.4 Å². The molecule has 4 heterocycles. The van der Waals surface area contributed by atoms with Gasteiger partial charge in [-0.2, -0.15) is 13.2 Å². The molecule has 8 aliphatic rings. The number of rotatable bonds is 9. The van der Waals surface area contributed by atoms with Crippen LogP contribution in [0.25, 0.3) is 0 Å². The highest BCUT2D eigenvalue weighted by Gasteiger charge is 2.60. The van der Waals surface area contributed by atoms with Crippen LogP contribution in [0.15, 0.2) is 127 Å². The third-order valence-electron chi connectivity index (χ3n) is 25.6. The number of aliphatic carboxylic acids is 2. The van der Waals surface area contributed by atoms with Gasteiger partial charge in [0.15, 0.2) is 0 Å². The topological polar surface area (TPSA) is 285 Å². The van der Waals surface area contributed by atoms with Crippen LogP contribution in [0.3, 0.4) is 0 Å². The molecule has 21 heteroatoms. The van der Waals surface area contributed by atoms with Crippen LogP contribution in [0.2, 0.25) is 0 Å². The Labute approximate surface area is 757 Å². The summed E-state index contributed by atoms with van der Waals surface area (Å²) in [5.74, 6) is -1.02. The molecule has 13 rings (SSSR count). The van der Waals surface area contributed by atoms with E-state index in [1.165, 1.54) is 85.9 Å². The summed E-state index contributed by atoms with van der Waals surface area (Å²) in [6.07, 6.45) is 16.8. The van der Waals surface area contributed by atoms with E-state index < -0.39 is 53.4 Å². The molecule has 3 N–H and O–H groups in total. The highest BCUT2D eigenvalue weighted by atomic mass is 19.4. The quantitative estimate of drug-likeness (QED) is 0.0535. The highest BCUT2D eigenvalue weighted by molar-refractivity contribution is 6.15. The van der Waals surface area contributed by atoms with E-state index in [1.54, 1.807) is 50.3 Å². The Bertz CT molecular complexity index is 4380. The molecule has 0 amide bonds. The molecule has 5 aromatic carbocycles. The van der Waals surface area contributed by atoms with Crippen LogP contribution < -0.4 is 0 Å². The van der Waals surface area contributed by atoms with Gasteiger partial charge in [-0.3, -0.25) is 28.8 Å². The number of carboxylic acid groups (broad SMARTS) is 3. The number of carboxylic acids is 3. The first-order chi connectivity index (χ1) is 58.7. The Morgan fingerprint density at radius 1 is 0.472 bits per heavy atom. The van der Waals surface area contributed by atoms with Crippen molar-refractivity contribution in [2.24, 2.45) is 82.9 Å². The first-order valence-electron chi connectivity index (χ1n) is 44.8. The molecule has 6 fully saturated rings. The standard InChI is InChI=1S/C19H15F3O3.C10H14O3.C10H8O3.C9H16O2.C9H10O2.C8H10O3.C8H16.C8H10.C6H10O2.C5H12.C5H10.C4H10.C4H8.CH4/c1-10-4-5-12(8-11(10)2)18(3,19(20,21)22)13-6-7-14-15(9-13)17(24)25-16(14)23;2*1-5-3-7-8(4-6(5)2)10(12)13-9(7)11;2*1-6-3-4-8(9(10)11)5-7(6)2;1-3-4(2)6-5(3)7(9)11-8(6)10;2*1-7-5-3-4-6-8(7)2;1-3-5(2)4-6(7)8;2*1-4-5(2)3;2*1-3-4-2;/h4-9H,1-3H3;5-8H,3-4H2,1-2H3;3-4H,1-2H3;6-8H,3-5H2,1-2H3,(H,10,11);3-5H,1-2H3,(H,10,11);3-6H,1-2H3;7-8H,3-6H2,1-2H3;3-6H,1-2H3;3H,4H2,1-2H3,(H,7,8);5H,4H2,1-3H3;2,4H2,1,3H3;3-4H2,1-2H3;3-4H,1-2H3;1H4. The van der Waals surface area contributed by atoms with Gasteiger partial charge in [0.05, 0.1) is 63.8 Å². The summed E-state index contributed by atoms with van der Waals surface area (Å²) in [5, 5.41) is 25.5. The van der Waals surface area contributed by atoms with Crippen LogP contribution in [0, 0.1) is 138 Å². The zero-order valence-corrected chi connectivity index (χ0v) is 80.7. The third-order valence-corrected chi connectivity index (χ3v) is 25.6. The summed E-state index contributed by atoms with van der Waals surface area (Å²) in [7, 11) is 0. The zero-order chi connectivity index (χ0) is 96.7. The van der Waals surface area contributed by atoms with Gasteiger partial charge in [0.1, 0.15) is 5.41 Å². The van der Waals surface area contributed by atoms with E-state index in [4.69, 9.17) is 15.3 Å². The molecule has 0 radical (unpaired) electrons. The SMILES string of the molecule is C.C=C(C)CC.CC1C(C)C2C(=O)OC(=O)C12.CC1CC2C(=O)OC(=O)C2CC1C.CC1CCC(C(=O)O)CC1C.CC1CCCCC1C.CC=C(C)CC(=O)O.CC=CC.CCC(C)C.CCCC.Cc1cc2c(cc1C)C(=O)OC2=O.Cc1ccc(C(=O)O)cc1C.Cc1ccc(C(C)(c2ccc3c(c2)C(=O)OC3=O)C(F)(F)F)cc1C.Cc1ccccc1C. The summed E-state index contributed by atoms with van der Waals surface area (Å²) < 4.78 is 60.2. The lowest BCUT2D eigenvalue weighted by atomic mass is 9.59. The lowest BCUT2D eigenvalue weighted by molar-refractivity contribution is -0.173. The van der Waals surface area contributed by atoms with E-state index in [-0.39, 0.29) is 89.6 Å². The molecule has 5 aromatic rings. The maximum absolute atomic E-state index is 14.1. The van der Waals surface area contributed by atoms with Crippen LogP contribution in [-0.4, -0.2) is 87.2 Å². The molecule has 18 nitrogen and oxygen atoms in total. The average Bonchev–Trinajstić information content (AvgIpc) is 1.71. The number of unbranched alkanes of at least 4 members (excludes halogenated alkanes) is 1. The molecule has 0 spiro atoms. The van der Waals surface area contributed by atoms with Gasteiger partial charge < -0.3 is 34.3 Å². The Hall–Kier alpha value is -9.92. The summed E-state index contributed by atoms with van der Waals surface area (Å²) in [6.45, 7) is 60.3. The van der Waals surface area contributed by atoms with E-state index in [2.05, 4.69) is 147 Å². The second-order valence-electron chi connectivity index (χ2n) is 35.6. The Kier molecular flexibility index (Phi) is 52.6. The fourth-order valence-corrected chi connectivity index (χ4v) is 13.9. The largest absolute Gasteiger partial charge is 0.481 e. The number of hydrogen-bond donors (Lipinski definition) is 3. The number of halogens is 3. The first kappa shape index (κ1) is 117. The van der Waals surface area contributed by atoms with Crippen molar-refractivity contribution in [1.82, 2.24) is 0 Å². The van der Waals surface area contributed by atoms with Crippen LogP contribution in [-0.2, 0) is 53.1 Å². The van der Waals surface area contributed by atoms with Crippen molar-refractivity contribution >= 4 is 65.7 Å². The molecule has 4 aliphatic carbocycles. The van der Waals surface area contributed by atoms with Crippen molar-refractivity contribution in [3.05, 3.63) is 210 Å². The van der Waals surface area contributed by atoms with Gasteiger partial charge >= 0.3 is 71.8 Å². The second-order valence-corrected chi connectivity index (χ2v) is 35.6. The fraction of sp³-hybridized carbons (Fsp3) is 0.557. The number of hydrogen-bond acceptors (Lipinski definition) is 15. The van der Waals surface area contributed by atoms with Crippen molar-refractivity contribution in [2.75, 3.05) is 0 Å². The summed E-state index contributed by atoms with van der Waals surface area (Å²) in [6, 6.07) is 25.0. The van der Waals surface area contributed by atoms with Crippen LogP contribution in [0.4, 0.5) is 13.2 Å². The van der Waals surface area contributed by atoms with Gasteiger partial charge in [-0.25, -0.2) is 24.0 Å². The van der Waals surface area contributed by atoms with Gasteiger partial charge in [0, 0.05) is 0 Å². The van der Waals surface area contributed by atoms with Crippen molar-refractivity contribution in [2.45, 2.75) is 303 Å². The van der Waals surface area contributed by atoms with Gasteiger partial charge in [-0.1, -0.05) is 233 Å². The Morgan fingerprint density at radius 2 is 0.827 bits per heavy atom. The molecule has 4 aliphatic heterocycles. The van der Waals surface area contributed by atoms with Crippen molar-refractivity contribution < 1.29 is 100 Å². The number of alkyl halides is 3. The summed E-state index contributed by atoms with van der Waals surface area (Å²) in [4.78, 5) is 121. The van der Waals surface area contributed by atoms with Gasteiger partial charge in [0.2, 0.25) is 0 Å². The highest BCUT2D eigenvalue weighted by Crippen LogP contribution is 2.51. The normalized spacial score (nSPS) is 22.6. The first-order valence-corrected chi connectivity index (χ1v) is 44.8. The van der Waals surface area contributed by atoms with E-state index in [0.717, 1.165) is 108 Å². The van der Waals surface area contributed by atoms with E-state index in [0.29, 0.717) is 52.2 Å². The molecule has 4 saturated carbocycles. The Morgan fingerprint density at radius 3 is 1.15 bits per heavy atom. The lowest BCUT2D eigenvalue weighted by Gasteiger charge is -2.39. The van der Waals surface area contributed by atoms with Gasteiger partial charge in [-0.05, 0) is 281 Å². The number of ether oxygens (including phenoxy) is 4. The number of allylic oxidation sites excluding steroid dienone is 4. The number of carbonyl (C=O) groups excluding carboxylic acids is 8. The predicted molar refractivity (Wildman–Crippen MR) is 501 cm³/mol. The number of aromatic carboxylic acids is 1. The smallest absolute Gasteiger partial charge is 0.402 e. The minimum Gasteiger partial charge on any atom is -0.481 e. The number of esters is 8. The average molecular weight is 1770 g/mol. The van der Waals surface area contributed by atoms with Crippen molar-refractivity contribution in [1.29, 1.82) is 0 Å². The van der Waals surface area contributed by atoms with Crippen molar-refractivity contribution in [3.63, 3.8) is 0 Å². The molecule has 706 valence electrons. The molecule has 127 heavy (non-hydrogen) atoms. The van der Waals surface area contributed by atoms with Crippen LogP contribution in [0.5, 0.6) is 0 Å². The van der Waals surface area contributed by atoms with Gasteiger partial charge in [0.25, 0.3) is 0 Å². The predicted octanol–water partition coefficient (Wildman–Crippen LogP) is 26.8. The lowest BCUT2D eigenvalue weighted by Crippen LogP contribution is -2.45. The second kappa shape index (κ2) is 57.1. The van der Waals surface area contributed by atoms with Gasteiger partial charge in [-0.15, -0.1) is 6.58 Å². The maximum Gasteiger partial charge on any atom is 0.402 e. The maximum atomic E-state index is 14.1. The van der Waals surface area contributed by atoms with E-state index in [9.17, 15) is 65.9 Å². The number of carbonyl (C=O) groups is 11. The molecule has 0 bridgehead atoms. The molecule has 14 atom stereocenters. The summed E-state index contributed by atoms with van der Waals surface area (Å²) >= 11 is 0. The Balaban J connectivity index is 0.00000140. The minimum absolute atomic E-state index is 0.